The zero-order valence-electron chi connectivity index (χ0n) is 16.8. The van der Waals surface area contributed by atoms with E-state index in [2.05, 4.69) is 5.32 Å². The first-order valence-electron chi connectivity index (χ1n) is 10.1. The first kappa shape index (κ1) is 21.3. The zero-order valence-corrected chi connectivity index (χ0v) is 17.6. The Labute approximate surface area is 180 Å². The van der Waals surface area contributed by atoms with Crippen molar-refractivity contribution in [3.8, 4) is 0 Å². The summed E-state index contributed by atoms with van der Waals surface area (Å²) in [6.45, 7) is 0.645. The molecule has 0 bridgehead atoms. The van der Waals surface area contributed by atoms with Crippen LogP contribution in [0, 0.1) is 5.82 Å². The molecule has 1 amide bonds. The van der Waals surface area contributed by atoms with Gasteiger partial charge in [0, 0.05) is 25.9 Å². The van der Waals surface area contributed by atoms with Gasteiger partial charge in [-0.25, -0.2) is 12.8 Å². The first-order chi connectivity index (χ1) is 14.9. The smallest absolute Gasteiger partial charge is 0.243 e. The van der Waals surface area contributed by atoms with Gasteiger partial charge in [0.1, 0.15) is 11.6 Å². The van der Waals surface area contributed by atoms with E-state index in [0.29, 0.717) is 19.4 Å². The number of sulfonamides is 1. The van der Waals surface area contributed by atoms with Crippen LogP contribution in [0.3, 0.4) is 0 Å². The molecule has 2 heterocycles. The van der Waals surface area contributed by atoms with Gasteiger partial charge in [-0.3, -0.25) is 4.79 Å². The number of carbonyl (C=O) groups excluding carboxylic acids is 1. The van der Waals surface area contributed by atoms with Crippen LogP contribution in [-0.4, -0.2) is 31.7 Å². The Morgan fingerprint density at radius 1 is 1.10 bits per heavy atom. The minimum absolute atomic E-state index is 0.00437. The van der Waals surface area contributed by atoms with Gasteiger partial charge in [-0.15, -0.1) is 0 Å². The molecule has 4 rings (SSSR count). The number of amides is 1. The van der Waals surface area contributed by atoms with Crippen LogP contribution in [0.25, 0.3) is 0 Å². The molecular formula is C23H23FN2O4S. The predicted molar refractivity (Wildman–Crippen MR) is 113 cm³/mol. The fourth-order valence-corrected chi connectivity index (χ4v) is 5.50. The molecule has 31 heavy (non-hydrogen) atoms. The number of hydrogen-bond acceptors (Lipinski definition) is 4. The number of fused-ring (bicyclic) bond motifs is 1. The van der Waals surface area contributed by atoms with E-state index in [1.54, 1.807) is 12.3 Å². The molecule has 0 aliphatic carbocycles. The lowest BCUT2D eigenvalue weighted by atomic mass is 9.92. The third-order valence-electron chi connectivity index (χ3n) is 5.44. The van der Waals surface area contributed by atoms with Gasteiger partial charge in [0.05, 0.1) is 17.2 Å². The maximum absolute atomic E-state index is 13.3. The van der Waals surface area contributed by atoms with Crippen LogP contribution in [0.5, 0.6) is 0 Å². The molecule has 1 N–H and O–H groups in total. The van der Waals surface area contributed by atoms with Gasteiger partial charge in [-0.2, -0.15) is 4.31 Å². The Morgan fingerprint density at radius 2 is 1.87 bits per heavy atom. The standard InChI is InChI=1S/C23H23FN2O4S/c24-18-7-9-20(10-8-18)31(28,29)26-14-12-17-4-1-2-6-21(17)22(26)16-23(27)25-13-11-19-5-3-15-30-19/h1-10,15,22H,11-14,16H2,(H,25,27)/t22-/m0/s1. The average Bonchev–Trinajstić information content (AvgIpc) is 3.27. The van der Waals surface area contributed by atoms with Crippen LogP contribution in [-0.2, 0) is 27.7 Å². The summed E-state index contributed by atoms with van der Waals surface area (Å²) in [5.74, 6) is 0.0202. The van der Waals surface area contributed by atoms with Crippen LogP contribution in [0.15, 0.2) is 76.2 Å². The van der Waals surface area contributed by atoms with E-state index in [4.69, 9.17) is 4.42 Å². The summed E-state index contributed by atoms with van der Waals surface area (Å²) in [5.41, 5.74) is 1.85. The van der Waals surface area contributed by atoms with Gasteiger partial charge < -0.3 is 9.73 Å². The van der Waals surface area contributed by atoms with Crippen LogP contribution in [0.2, 0.25) is 0 Å². The number of furan rings is 1. The average molecular weight is 443 g/mol. The summed E-state index contributed by atoms with van der Waals surface area (Å²) in [6, 6.07) is 15.3. The van der Waals surface area contributed by atoms with Crippen LogP contribution >= 0.6 is 0 Å². The van der Waals surface area contributed by atoms with Crippen molar-refractivity contribution in [3.05, 3.63) is 89.6 Å². The highest BCUT2D eigenvalue weighted by Crippen LogP contribution is 2.36. The van der Waals surface area contributed by atoms with Crippen molar-refractivity contribution in [2.75, 3.05) is 13.1 Å². The van der Waals surface area contributed by atoms with Crippen molar-refractivity contribution in [2.45, 2.75) is 30.2 Å². The molecule has 0 spiro atoms. The fraction of sp³-hybridized carbons (Fsp3) is 0.261. The van der Waals surface area contributed by atoms with Crippen molar-refractivity contribution in [1.29, 1.82) is 0 Å². The Balaban J connectivity index is 1.56. The number of rotatable bonds is 7. The van der Waals surface area contributed by atoms with Gasteiger partial charge in [-0.1, -0.05) is 24.3 Å². The van der Waals surface area contributed by atoms with E-state index >= 15 is 0 Å². The zero-order chi connectivity index (χ0) is 21.8. The molecule has 1 atom stereocenters. The van der Waals surface area contributed by atoms with E-state index in [1.807, 2.05) is 30.3 Å². The summed E-state index contributed by atoms with van der Waals surface area (Å²) in [6.07, 6.45) is 2.68. The van der Waals surface area contributed by atoms with Crippen LogP contribution in [0.4, 0.5) is 4.39 Å². The summed E-state index contributed by atoms with van der Waals surface area (Å²) in [5, 5.41) is 2.85. The van der Waals surface area contributed by atoms with E-state index in [1.165, 1.54) is 16.4 Å². The van der Waals surface area contributed by atoms with Crippen molar-refractivity contribution in [1.82, 2.24) is 9.62 Å². The Bertz CT molecular complexity index is 1140. The maximum atomic E-state index is 13.3. The lowest BCUT2D eigenvalue weighted by molar-refractivity contribution is -0.122. The minimum Gasteiger partial charge on any atom is -0.469 e. The molecule has 8 heteroatoms. The van der Waals surface area contributed by atoms with Crippen LogP contribution < -0.4 is 5.32 Å². The molecule has 162 valence electrons. The highest BCUT2D eigenvalue weighted by molar-refractivity contribution is 7.89. The number of hydrogen-bond donors (Lipinski definition) is 1. The number of carbonyl (C=O) groups is 1. The second-order valence-corrected chi connectivity index (χ2v) is 9.31. The number of nitrogens with zero attached hydrogens (tertiary/aromatic N) is 1. The van der Waals surface area contributed by atoms with Crippen molar-refractivity contribution >= 4 is 15.9 Å². The highest BCUT2D eigenvalue weighted by Gasteiger charge is 2.37. The predicted octanol–water partition coefficient (Wildman–Crippen LogP) is 3.46. The SMILES string of the molecule is O=C(C[C@H]1c2ccccc2CCN1S(=O)(=O)c1ccc(F)cc1)NCCc1ccco1. The summed E-state index contributed by atoms with van der Waals surface area (Å²) in [7, 11) is -3.90. The Morgan fingerprint density at radius 3 is 2.61 bits per heavy atom. The van der Waals surface area contributed by atoms with Gasteiger partial charge >= 0.3 is 0 Å². The molecule has 0 unspecified atom stereocenters. The van der Waals surface area contributed by atoms with Gasteiger partial charge in [-0.05, 0) is 53.9 Å². The molecule has 2 aromatic carbocycles. The maximum Gasteiger partial charge on any atom is 0.243 e. The molecule has 0 saturated carbocycles. The monoisotopic (exact) mass is 442 g/mol. The topological polar surface area (TPSA) is 79.6 Å². The fourth-order valence-electron chi connectivity index (χ4n) is 3.90. The minimum atomic E-state index is -3.90. The molecule has 0 saturated heterocycles. The van der Waals surface area contributed by atoms with Gasteiger partial charge in [0.15, 0.2) is 0 Å². The lowest BCUT2D eigenvalue weighted by Gasteiger charge is -2.36. The second kappa shape index (κ2) is 9.03. The third-order valence-corrected chi connectivity index (χ3v) is 7.36. The molecule has 0 fully saturated rings. The van der Waals surface area contributed by atoms with Crippen molar-refractivity contribution in [2.24, 2.45) is 0 Å². The van der Waals surface area contributed by atoms with Crippen molar-refractivity contribution in [3.63, 3.8) is 0 Å². The van der Waals surface area contributed by atoms with Gasteiger partial charge in [0.2, 0.25) is 15.9 Å². The second-order valence-electron chi connectivity index (χ2n) is 7.42. The molecule has 3 aromatic rings. The van der Waals surface area contributed by atoms with Crippen molar-refractivity contribution < 1.29 is 22.0 Å². The summed E-state index contributed by atoms with van der Waals surface area (Å²) >= 11 is 0. The highest BCUT2D eigenvalue weighted by atomic mass is 32.2. The van der Waals surface area contributed by atoms with E-state index < -0.39 is 21.9 Å². The number of halogens is 1. The lowest BCUT2D eigenvalue weighted by Crippen LogP contribution is -2.42. The molecule has 1 aromatic heterocycles. The summed E-state index contributed by atoms with van der Waals surface area (Å²) in [4.78, 5) is 12.7. The largest absolute Gasteiger partial charge is 0.469 e. The Kier molecular flexibility index (Phi) is 6.20. The Hall–Kier alpha value is -2.97. The summed E-state index contributed by atoms with van der Waals surface area (Å²) < 4.78 is 46.6. The molecule has 1 aliphatic heterocycles. The molecule has 0 radical (unpaired) electrons. The molecular weight excluding hydrogens is 419 g/mol. The number of nitrogens with one attached hydrogen (secondary N) is 1. The number of benzene rings is 2. The van der Waals surface area contributed by atoms with Gasteiger partial charge in [0.25, 0.3) is 0 Å². The van der Waals surface area contributed by atoms with E-state index in [0.717, 1.165) is 29.0 Å². The first-order valence-corrected chi connectivity index (χ1v) is 11.5. The third kappa shape index (κ3) is 4.70. The van der Waals surface area contributed by atoms with Crippen LogP contribution in [0.1, 0.15) is 29.3 Å². The molecule has 6 nitrogen and oxygen atoms in total. The van der Waals surface area contributed by atoms with E-state index in [9.17, 15) is 17.6 Å². The normalized spacial score (nSPS) is 16.6. The van der Waals surface area contributed by atoms with E-state index in [-0.39, 0.29) is 23.8 Å². The quantitative estimate of drug-likeness (QED) is 0.608. The molecule has 1 aliphatic rings.